The molecule has 0 saturated heterocycles. The summed E-state index contributed by atoms with van der Waals surface area (Å²) >= 11 is 0. The fraction of sp³-hybridized carbons (Fsp3) is 0.842. The largest absolute Gasteiger partial charge is 0.460 e. The van der Waals surface area contributed by atoms with Crippen molar-refractivity contribution in [3.8, 4) is 0 Å². The average molecular weight is 373 g/mol. The first-order valence-corrected chi connectivity index (χ1v) is 8.88. The molecule has 0 unspecified atom stereocenters. The fourth-order valence-electron chi connectivity index (χ4n) is 1.90. The SMILES string of the molecule is CC(C)(C)OC(=O)CCN[C@@H](CC(=O)OC(C)(C)C)C(=O)OC(C)(C)C. The molecular formula is C19H35NO6. The van der Waals surface area contributed by atoms with Gasteiger partial charge in [-0.1, -0.05) is 0 Å². The summed E-state index contributed by atoms with van der Waals surface area (Å²) in [6.07, 6.45) is -0.106. The molecule has 0 bridgehead atoms. The Kier molecular flexibility index (Phi) is 8.76. The third-order valence-corrected chi connectivity index (χ3v) is 2.62. The minimum Gasteiger partial charge on any atom is -0.460 e. The second kappa shape index (κ2) is 9.35. The van der Waals surface area contributed by atoms with Crippen LogP contribution in [0.25, 0.3) is 0 Å². The van der Waals surface area contributed by atoms with Crippen LogP contribution in [-0.4, -0.2) is 47.3 Å². The number of carbonyl (C=O) groups is 3. The average Bonchev–Trinajstić information content (AvgIpc) is 2.30. The quantitative estimate of drug-likeness (QED) is 0.542. The predicted octanol–water partition coefficient (Wildman–Crippen LogP) is 2.75. The van der Waals surface area contributed by atoms with Gasteiger partial charge >= 0.3 is 17.9 Å². The predicted molar refractivity (Wildman–Crippen MR) is 98.6 cm³/mol. The number of ether oxygens (including phenoxy) is 3. The molecule has 0 saturated carbocycles. The molecule has 1 atom stereocenters. The van der Waals surface area contributed by atoms with Crippen molar-refractivity contribution in [2.45, 2.75) is 98.0 Å². The van der Waals surface area contributed by atoms with E-state index < -0.39 is 34.8 Å². The van der Waals surface area contributed by atoms with Gasteiger partial charge in [-0.2, -0.15) is 0 Å². The Morgan fingerprint density at radius 3 is 1.58 bits per heavy atom. The van der Waals surface area contributed by atoms with Gasteiger partial charge in [0.05, 0.1) is 12.8 Å². The van der Waals surface area contributed by atoms with E-state index in [0.29, 0.717) is 0 Å². The van der Waals surface area contributed by atoms with Crippen LogP contribution in [-0.2, 0) is 28.6 Å². The lowest BCUT2D eigenvalue weighted by Crippen LogP contribution is -2.44. The summed E-state index contributed by atoms with van der Waals surface area (Å²) < 4.78 is 15.8. The summed E-state index contributed by atoms with van der Waals surface area (Å²) in [5.41, 5.74) is -1.90. The van der Waals surface area contributed by atoms with E-state index in [1.54, 1.807) is 62.3 Å². The van der Waals surface area contributed by atoms with Gasteiger partial charge in [-0.25, -0.2) is 0 Å². The smallest absolute Gasteiger partial charge is 0.324 e. The molecule has 1 N–H and O–H groups in total. The van der Waals surface area contributed by atoms with E-state index in [1.807, 2.05) is 0 Å². The van der Waals surface area contributed by atoms with Crippen molar-refractivity contribution in [1.82, 2.24) is 5.32 Å². The maximum absolute atomic E-state index is 12.4. The summed E-state index contributed by atoms with van der Waals surface area (Å²) in [6.45, 7) is 16.0. The van der Waals surface area contributed by atoms with Gasteiger partial charge in [-0.3, -0.25) is 14.4 Å². The number of rotatable bonds is 7. The van der Waals surface area contributed by atoms with Crippen LogP contribution in [0.5, 0.6) is 0 Å². The Bertz CT molecular complexity index is 494. The Morgan fingerprint density at radius 2 is 1.15 bits per heavy atom. The van der Waals surface area contributed by atoms with Crippen molar-refractivity contribution in [2.24, 2.45) is 0 Å². The van der Waals surface area contributed by atoms with Gasteiger partial charge in [0.15, 0.2) is 0 Å². The van der Waals surface area contributed by atoms with Crippen LogP contribution in [0, 0.1) is 0 Å². The molecule has 0 aromatic rings. The van der Waals surface area contributed by atoms with Crippen molar-refractivity contribution in [2.75, 3.05) is 6.54 Å². The van der Waals surface area contributed by atoms with E-state index in [-0.39, 0.29) is 25.4 Å². The summed E-state index contributed by atoms with van der Waals surface area (Å²) in [6, 6.07) is -0.897. The van der Waals surface area contributed by atoms with Crippen molar-refractivity contribution in [1.29, 1.82) is 0 Å². The van der Waals surface area contributed by atoms with Crippen molar-refractivity contribution in [3.05, 3.63) is 0 Å². The number of hydrogen-bond donors (Lipinski definition) is 1. The zero-order valence-corrected chi connectivity index (χ0v) is 17.6. The molecule has 0 amide bonds. The first-order valence-electron chi connectivity index (χ1n) is 8.88. The van der Waals surface area contributed by atoms with E-state index in [1.165, 1.54) is 0 Å². The minimum absolute atomic E-state index is 0.0743. The molecule has 0 aliphatic heterocycles. The first-order chi connectivity index (χ1) is 11.5. The fourth-order valence-corrected chi connectivity index (χ4v) is 1.90. The maximum Gasteiger partial charge on any atom is 0.324 e. The Labute approximate surface area is 157 Å². The van der Waals surface area contributed by atoms with Crippen molar-refractivity contribution in [3.63, 3.8) is 0 Å². The number of nitrogens with one attached hydrogen (secondary N) is 1. The topological polar surface area (TPSA) is 90.9 Å². The van der Waals surface area contributed by atoms with Crippen molar-refractivity contribution >= 4 is 17.9 Å². The molecule has 0 aliphatic rings. The van der Waals surface area contributed by atoms with Gasteiger partial charge in [0, 0.05) is 6.54 Å². The number of esters is 3. The first kappa shape index (κ1) is 24.4. The highest BCUT2D eigenvalue weighted by atomic mass is 16.6. The van der Waals surface area contributed by atoms with Gasteiger partial charge in [-0.15, -0.1) is 0 Å². The zero-order valence-electron chi connectivity index (χ0n) is 17.6. The molecule has 0 fully saturated rings. The molecule has 0 aliphatic carbocycles. The maximum atomic E-state index is 12.4. The highest BCUT2D eigenvalue weighted by Crippen LogP contribution is 2.13. The standard InChI is InChI=1S/C19H35NO6/c1-17(2,3)24-14(21)10-11-20-13(16(23)26-19(7,8)9)12-15(22)25-18(4,5)6/h13,20H,10-12H2,1-9H3/t13-/m0/s1. The van der Waals surface area contributed by atoms with E-state index >= 15 is 0 Å². The molecule has 26 heavy (non-hydrogen) atoms. The second-order valence-corrected chi connectivity index (χ2v) is 9.17. The third-order valence-electron chi connectivity index (χ3n) is 2.62. The van der Waals surface area contributed by atoms with Gasteiger partial charge < -0.3 is 19.5 Å². The zero-order chi connectivity index (χ0) is 20.8. The van der Waals surface area contributed by atoms with Crippen LogP contribution >= 0.6 is 0 Å². The van der Waals surface area contributed by atoms with Crippen molar-refractivity contribution < 1.29 is 28.6 Å². The van der Waals surface area contributed by atoms with Gasteiger partial charge in [-0.05, 0) is 62.3 Å². The minimum atomic E-state index is -0.897. The highest BCUT2D eigenvalue weighted by Gasteiger charge is 2.29. The van der Waals surface area contributed by atoms with Crippen LogP contribution in [0.15, 0.2) is 0 Å². The molecule has 7 heteroatoms. The summed E-state index contributed by atoms with van der Waals surface area (Å²) in [5, 5.41) is 2.90. The Hall–Kier alpha value is -1.63. The second-order valence-electron chi connectivity index (χ2n) is 9.17. The summed E-state index contributed by atoms with van der Waals surface area (Å²) in [7, 11) is 0. The van der Waals surface area contributed by atoms with Crippen LogP contribution < -0.4 is 5.32 Å². The Morgan fingerprint density at radius 1 is 0.731 bits per heavy atom. The molecule has 0 radical (unpaired) electrons. The molecule has 0 rings (SSSR count). The summed E-state index contributed by atoms with van der Waals surface area (Å²) in [5.74, 6) is -1.46. The number of hydrogen-bond acceptors (Lipinski definition) is 7. The molecular weight excluding hydrogens is 338 g/mol. The van der Waals surface area contributed by atoms with E-state index in [0.717, 1.165) is 0 Å². The van der Waals surface area contributed by atoms with E-state index in [9.17, 15) is 14.4 Å². The van der Waals surface area contributed by atoms with Crippen LogP contribution in [0.4, 0.5) is 0 Å². The highest BCUT2D eigenvalue weighted by molar-refractivity contribution is 5.83. The molecule has 0 aromatic heterocycles. The third kappa shape index (κ3) is 13.6. The molecule has 0 heterocycles. The number of carbonyl (C=O) groups excluding carboxylic acids is 3. The monoisotopic (exact) mass is 373 g/mol. The van der Waals surface area contributed by atoms with E-state index in [2.05, 4.69) is 5.32 Å². The normalized spacial score (nSPS) is 13.7. The van der Waals surface area contributed by atoms with Crippen LogP contribution in [0.2, 0.25) is 0 Å². The lowest BCUT2D eigenvalue weighted by molar-refractivity contribution is -0.165. The van der Waals surface area contributed by atoms with Gasteiger partial charge in [0.2, 0.25) is 0 Å². The lowest BCUT2D eigenvalue weighted by atomic mass is 10.1. The molecule has 0 aromatic carbocycles. The molecule has 7 nitrogen and oxygen atoms in total. The van der Waals surface area contributed by atoms with Gasteiger partial charge in [0.25, 0.3) is 0 Å². The lowest BCUT2D eigenvalue weighted by Gasteiger charge is -2.26. The van der Waals surface area contributed by atoms with E-state index in [4.69, 9.17) is 14.2 Å². The molecule has 152 valence electrons. The molecule has 0 spiro atoms. The summed E-state index contributed by atoms with van der Waals surface area (Å²) in [4.78, 5) is 36.2. The Balaban J connectivity index is 4.80. The van der Waals surface area contributed by atoms with Crippen LogP contribution in [0.1, 0.15) is 75.2 Å². The van der Waals surface area contributed by atoms with Gasteiger partial charge in [0.1, 0.15) is 22.8 Å². The van der Waals surface area contributed by atoms with Crippen LogP contribution in [0.3, 0.4) is 0 Å².